The molecule has 0 radical (unpaired) electrons. The molecule has 0 aliphatic rings. The highest BCUT2D eigenvalue weighted by molar-refractivity contribution is 9.10. The van der Waals surface area contributed by atoms with Gasteiger partial charge in [0.15, 0.2) is 6.29 Å². The quantitative estimate of drug-likeness (QED) is 0.445. The summed E-state index contributed by atoms with van der Waals surface area (Å²) in [5, 5.41) is 0. The van der Waals surface area contributed by atoms with E-state index in [9.17, 15) is 0 Å². The number of hydrogen-bond donors (Lipinski definition) is 1. The Labute approximate surface area is 122 Å². The fraction of sp³-hybridized carbons (Fsp3) is 0.538. The van der Waals surface area contributed by atoms with Gasteiger partial charge in [-0.2, -0.15) is 0 Å². The third-order valence-corrected chi connectivity index (χ3v) is 3.89. The van der Waals surface area contributed by atoms with E-state index in [2.05, 4.69) is 15.9 Å². The summed E-state index contributed by atoms with van der Waals surface area (Å²) in [5.74, 6) is 0.922. The second-order valence-electron chi connectivity index (χ2n) is 3.66. The molecule has 0 saturated carbocycles. The van der Waals surface area contributed by atoms with Gasteiger partial charge in [0.25, 0.3) is 0 Å². The molecule has 2 N–H and O–H groups in total. The Hall–Kier alpha value is -0.230. The van der Waals surface area contributed by atoms with Crippen LogP contribution in [0.4, 0.5) is 5.69 Å². The molecule has 18 heavy (non-hydrogen) atoms. The van der Waals surface area contributed by atoms with Gasteiger partial charge in [-0.1, -0.05) is 15.9 Å². The predicted octanol–water partition coefficient (Wildman–Crippen LogP) is 3.91. The molecule has 5 heteroatoms. The number of benzene rings is 1. The van der Waals surface area contributed by atoms with Crippen LogP contribution in [-0.2, 0) is 9.47 Å². The Morgan fingerprint density at radius 3 is 2.56 bits per heavy atom. The Balaban J connectivity index is 2.41. The molecular formula is C13H20BrNO2S. The summed E-state index contributed by atoms with van der Waals surface area (Å²) in [7, 11) is 0. The fourth-order valence-corrected chi connectivity index (χ4v) is 2.97. The van der Waals surface area contributed by atoms with Crippen molar-refractivity contribution in [2.75, 3.05) is 24.7 Å². The summed E-state index contributed by atoms with van der Waals surface area (Å²) in [4.78, 5) is 1.09. The Kier molecular flexibility index (Phi) is 7.74. The molecule has 1 rings (SSSR count). The molecule has 0 heterocycles. The number of hydrogen-bond acceptors (Lipinski definition) is 4. The molecule has 0 aromatic heterocycles. The maximum atomic E-state index is 5.92. The highest BCUT2D eigenvalue weighted by Crippen LogP contribution is 2.29. The van der Waals surface area contributed by atoms with Crippen molar-refractivity contribution in [1.82, 2.24) is 0 Å². The van der Waals surface area contributed by atoms with Crippen molar-refractivity contribution >= 4 is 33.4 Å². The molecule has 0 aliphatic carbocycles. The van der Waals surface area contributed by atoms with Crippen LogP contribution in [-0.4, -0.2) is 25.3 Å². The minimum atomic E-state index is -0.110. The van der Waals surface area contributed by atoms with E-state index in [1.165, 1.54) is 0 Å². The van der Waals surface area contributed by atoms with E-state index in [0.29, 0.717) is 13.2 Å². The third kappa shape index (κ3) is 5.61. The van der Waals surface area contributed by atoms with E-state index in [0.717, 1.165) is 27.2 Å². The molecular weight excluding hydrogens is 314 g/mol. The van der Waals surface area contributed by atoms with Crippen LogP contribution in [0.5, 0.6) is 0 Å². The van der Waals surface area contributed by atoms with Gasteiger partial charge in [0.2, 0.25) is 0 Å². The van der Waals surface area contributed by atoms with E-state index in [1.807, 2.05) is 32.0 Å². The van der Waals surface area contributed by atoms with Crippen LogP contribution in [0.15, 0.2) is 27.6 Å². The Bertz CT molecular complexity index is 357. The lowest BCUT2D eigenvalue weighted by Crippen LogP contribution is -2.18. The average Bonchev–Trinajstić information content (AvgIpc) is 2.34. The highest BCUT2D eigenvalue weighted by atomic mass is 79.9. The second kappa shape index (κ2) is 8.80. The Morgan fingerprint density at radius 1 is 1.28 bits per heavy atom. The molecule has 0 bridgehead atoms. The average molecular weight is 334 g/mol. The van der Waals surface area contributed by atoms with Gasteiger partial charge in [0.1, 0.15) is 0 Å². The highest BCUT2D eigenvalue weighted by Gasteiger charge is 2.08. The number of rotatable bonds is 8. The van der Waals surface area contributed by atoms with Crippen molar-refractivity contribution < 1.29 is 9.47 Å². The summed E-state index contributed by atoms with van der Waals surface area (Å²) in [6.07, 6.45) is 0.749. The smallest absolute Gasteiger partial charge is 0.158 e. The van der Waals surface area contributed by atoms with Crippen LogP contribution in [0.1, 0.15) is 20.3 Å². The zero-order chi connectivity index (χ0) is 13.4. The summed E-state index contributed by atoms with van der Waals surface area (Å²) in [6.45, 7) is 5.31. The van der Waals surface area contributed by atoms with Crippen LogP contribution in [0, 0.1) is 0 Å². The van der Waals surface area contributed by atoms with Gasteiger partial charge in [-0.15, -0.1) is 11.8 Å². The molecule has 0 unspecified atom stereocenters. The molecule has 3 nitrogen and oxygen atoms in total. The van der Waals surface area contributed by atoms with E-state index < -0.39 is 0 Å². The fourth-order valence-electron chi connectivity index (χ4n) is 1.48. The molecule has 102 valence electrons. The molecule has 0 atom stereocenters. The minimum Gasteiger partial charge on any atom is -0.398 e. The lowest BCUT2D eigenvalue weighted by Gasteiger charge is -2.16. The first kappa shape index (κ1) is 15.8. The van der Waals surface area contributed by atoms with Gasteiger partial charge in [0.05, 0.1) is 0 Å². The molecule has 0 amide bonds. The maximum Gasteiger partial charge on any atom is 0.158 e. The van der Waals surface area contributed by atoms with E-state index in [-0.39, 0.29) is 6.29 Å². The molecule has 0 aliphatic heterocycles. The maximum absolute atomic E-state index is 5.92. The van der Waals surface area contributed by atoms with Crippen molar-refractivity contribution in [3.8, 4) is 0 Å². The van der Waals surface area contributed by atoms with E-state index in [1.54, 1.807) is 11.8 Å². The first-order valence-electron chi connectivity index (χ1n) is 6.08. The van der Waals surface area contributed by atoms with E-state index >= 15 is 0 Å². The summed E-state index contributed by atoms with van der Waals surface area (Å²) >= 11 is 5.17. The van der Waals surface area contributed by atoms with Gasteiger partial charge in [0, 0.05) is 40.4 Å². The number of thioether (sulfide) groups is 1. The topological polar surface area (TPSA) is 44.5 Å². The summed E-state index contributed by atoms with van der Waals surface area (Å²) in [5.41, 5.74) is 6.73. The number of nitrogens with two attached hydrogens (primary N) is 1. The predicted molar refractivity (Wildman–Crippen MR) is 80.9 cm³/mol. The zero-order valence-electron chi connectivity index (χ0n) is 10.8. The zero-order valence-corrected chi connectivity index (χ0v) is 13.2. The minimum absolute atomic E-state index is 0.110. The van der Waals surface area contributed by atoms with Gasteiger partial charge >= 0.3 is 0 Å². The molecule has 0 fully saturated rings. The number of ether oxygens (including phenoxy) is 2. The second-order valence-corrected chi connectivity index (χ2v) is 5.71. The van der Waals surface area contributed by atoms with Crippen LogP contribution in [0.3, 0.4) is 0 Å². The molecule has 0 spiro atoms. The van der Waals surface area contributed by atoms with E-state index in [4.69, 9.17) is 15.2 Å². The summed E-state index contributed by atoms with van der Waals surface area (Å²) in [6, 6.07) is 5.90. The number of nitrogen functional groups attached to an aromatic ring is 1. The normalized spacial score (nSPS) is 11.1. The van der Waals surface area contributed by atoms with Gasteiger partial charge in [-0.3, -0.25) is 0 Å². The molecule has 0 saturated heterocycles. The number of halogens is 1. The lowest BCUT2D eigenvalue weighted by atomic mass is 10.3. The van der Waals surface area contributed by atoms with Crippen molar-refractivity contribution in [3.05, 3.63) is 22.7 Å². The van der Waals surface area contributed by atoms with Crippen molar-refractivity contribution in [2.24, 2.45) is 0 Å². The van der Waals surface area contributed by atoms with Crippen molar-refractivity contribution in [2.45, 2.75) is 31.5 Å². The first-order valence-corrected chi connectivity index (χ1v) is 7.86. The Morgan fingerprint density at radius 2 is 1.94 bits per heavy atom. The van der Waals surface area contributed by atoms with Crippen LogP contribution in [0.2, 0.25) is 0 Å². The molecule has 1 aromatic rings. The lowest BCUT2D eigenvalue weighted by molar-refractivity contribution is -0.136. The van der Waals surface area contributed by atoms with Crippen molar-refractivity contribution in [3.63, 3.8) is 0 Å². The van der Waals surface area contributed by atoms with Crippen LogP contribution < -0.4 is 5.73 Å². The van der Waals surface area contributed by atoms with Crippen molar-refractivity contribution in [1.29, 1.82) is 0 Å². The van der Waals surface area contributed by atoms with Crippen LogP contribution >= 0.6 is 27.7 Å². The SMILES string of the molecule is CCOC(CCSc1cc(Br)ccc1N)OCC. The largest absolute Gasteiger partial charge is 0.398 e. The molecule has 1 aromatic carbocycles. The third-order valence-electron chi connectivity index (χ3n) is 2.29. The standard InChI is InChI=1S/C13H20BrNO2S/c1-3-16-13(17-4-2)7-8-18-12-9-10(14)5-6-11(12)15/h5-6,9,13H,3-4,7-8,15H2,1-2H3. The van der Waals surface area contributed by atoms with Crippen LogP contribution in [0.25, 0.3) is 0 Å². The first-order chi connectivity index (χ1) is 8.67. The monoisotopic (exact) mass is 333 g/mol. The number of anilines is 1. The van der Waals surface area contributed by atoms with Gasteiger partial charge < -0.3 is 15.2 Å². The van der Waals surface area contributed by atoms with Gasteiger partial charge in [-0.25, -0.2) is 0 Å². The summed E-state index contributed by atoms with van der Waals surface area (Å²) < 4.78 is 12.0. The van der Waals surface area contributed by atoms with Gasteiger partial charge in [-0.05, 0) is 32.0 Å².